The van der Waals surface area contributed by atoms with E-state index in [4.69, 9.17) is 4.74 Å². The molecule has 0 spiro atoms. The highest BCUT2D eigenvalue weighted by Crippen LogP contribution is 2.22. The summed E-state index contributed by atoms with van der Waals surface area (Å²) in [5.41, 5.74) is 1.31. The maximum absolute atomic E-state index is 5.20. The van der Waals surface area contributed by atoms with E-state index in [9.17, 15) is 0 Å². The van der Waals surface area contributed by atoms with Gasteiger partial charge in [0.2, 0.25) is 0 Å². The van der Waals surface area contributed by atoms with Crippen molar-refractivity contribution in [3.63, 3.8) is 0 Å². The first kappa shape index (κ1) is 15.5. The average Bonchev–Trinajstić information content (AvgIpc) is 2.99. The lowest BCUT2D eigenvalue weighted by molar-refractivity contribution is 0.379. The van der Waals surface area contributed by atoms with E-state index in [1.165, 1.54) is 5.56 Å². The van der Waals surface area contributed by atoms with Crippen molar-refractivity contribution in [1.82, 2.24) is 20.1 Å². The molecule has 21 heavy (non-hydrogen) atoms. The number of methoxy groups -OCH3 is 1. The molecule has 1 heterocycles. The van der Waals surface area contributed by atoms with Gasteiger partial charge in [0, 0.05) is 12.1 Å². The third kappa shape index (κ3) is 4.29. The van der Waals surface area contributed by atoms with E-state index in [0.29, 0.717) is 18.0 Å². The van der Waals surface area contributed by atoms with Crippen LogP contribution in [-0.2, 0) is 6.54 Å². The quantitative estimate of drug-likeness (QED) is 0.850. The Labute approximate surface area is 126 Å². The molecule has 1 N–H and O–H groups in total. The zero-order valence-electron chi connectivity index (χ0n) is 13.2. The minimum Gasteiger partial charge on any atom is -0.497 e. The molecule has 0 amide bonds. The number of hydrogen-bond donors (Lipinski definition) is 1. The maximum atomic E-state index is 5.20. The Morgan fingerprint density at radius 3 is 2.48 bits per heavy atom. The zero-order chi connectivity index (χ0) is 15.2. The van der Waals surface area contributed by atoms with Gasteiger partial charge in [0.05, 0.1) is 13.7 Å². The van der Waals surface area contributed by atoms with Gasteiger partial charge in [0.15, 0.2) is 0 Å². The van der Waals surface area contributed by atoms with Crippen molar-refractivity contribution in [1.29, 1.82) is 0 Å². The van der Waals surface area contributed by atoms with Gasteiger partial charge in [-0.1, -0.05) is 19.1 Å². The van der Waals surface area contributed by atoms with Crippen LogP contribution in [0.5, 0.6) is 5.75 Å². The molecule has 114 valence electrons. The Hall–Kier alpha value is -1.88. The largest absolute Gasteiger partial charge is 0.497 e. The van der Waals surface area contributed by atoms with E-state index in [0.717, 1.165) is 12.3 Å². The van der Waals surface area contributed by atoms with Crippen LogP contribution in [0, 0.1) is 0 Å². The van der Waals surface area contributed by atoms with Gasteiger partial charge in [-0.3, -0.25) is 4.68 Å². The SMILES string of the molecule is COc1ccc([C@H](C)[C@H](C)N[C@@H](C)Cn2cncn2)cc1. The second kappa shape index (κ2) is 7.22. The van der Waals surface area contributed by atoms with Gasteiger partial charge >= 0.3 is 0 Å². The number of rotatable bonds is 7. The molecule has 0 aliphatic rings. The number of benzene rings is 1. The van der Waals surface area contributed by atoms with E-state index < -0.39 is 0 Å². The zero-order valence-corrected chi connectivity index (χ0v) is 13.2. The Bertz CT molecular complexity index is 524. The Morgan fingerprint density at radius 2 is 1.90 bits per heavy atom. The van der Waals surface area contributed by atoms with Crippen LogP contribution in [0.4, 0.5) is 0 Å². The summed E-state index contributed by atoms with van der Waals surface area (Å²) in [6.07, 6.45) is 3.31. The second-order valence-electron chi connectivity index (χ2n) is 5.54. The Balaban J connectivity index is 1.90. The molecule has 0 aliphatic carbocycles. The van der Waals surface area contributed by atoms with Gasteiger partial charge in [0.1, 0.15) is 18.4 Å². The molecule has 1 aromatic carbocycles. The fraction of sp³-hybridized carbons (Fsp3) is 0.500. The molecule has 2 aromatic rings. The molecule has 2 rings (SSSR count). The standard InChI is InChI=1S/C16H24N4O/c1-12(9-20-11-17-10-18-20)19-14(3)13(2)15-5-7-16(21-4)8-6-15/h5-8,10-14,19H,9H2,1-4H3/t12-,13+,14-/m0/s1. The molecule has 0 bridgehead atoms. The molecule has 5 nitrogen and oxygen atoms in total. The maximum Gasteiger partial charge on any atom is 0.137 e. The van der Waals surface area contributed by atoms with E-state index >= 15 is 0 Å². The lowest BCUT2D eigenvalue weighted by Gasteiger charge is -2.25. The molecule has 3 atom stereocenters. The summed E-state index contributed by atoms with van der Waals surface area (Å²) in [5.74, 6) is 1.32. The topological polar surface area (TPSA) is 52.0 Å². The summed E-state index contributed by atoms with van der Waals surface area (Å²) in [7, 11) is 1.69. The predicted molar refractivity (Wildman–Crippen MR) is 83.5 cm³/mol. The highest BCUT2D eigenvalue weighted by Gasteiger charge is 2.16. The Morgan fingerprint density at radius 1 is 1.19 bits per heavy atom. The highest BCUT2D eigenvalue weighted by atomic mass is 16.5. The normalized spacial score (nSPS) is 15.4. The van der Waals surface area contributed by atoms with Crippen molar-refractivity contribution in [3.05, 3.63) is 42.5 Å². The molecule has 0 radical (unpaired) electrons. The summed E-state index contributed by atoms with van der Waals surface area (Å²) in [5, 5.41) is 7.76. The van der Waals surface area contributed by atoms with Crippen molar-refractivity contribution in [2.75, 3.05) is 7.11 Å². The Kier molecular flexibility index (Phi) is 5.33. The summed E-state index contributed by atoms with van der Waals surface area (Å²) in [4.78, 5) is 3.97. The number of ether oxygens (including phenoxy) is 1. The van der Waals surface area contributed by atoms with Crippen LogP contribution in [-0.4, -0.2) is 34.0 Å². The van der Waals surface area contributed by atoms with Crippen LogP contribution in [0.1, 0.15) is 32.3 Å². The van der Waals surface area contributed by atoms with Crippen molar-refractivity contribution in [2.24, 2.45) is 0 Å². The molecule has 0 fully saturated rings. The summed E-state index contributed by atoms with van der Waals surface area (Å²) >= 11 is 0. The molecule has 0 unspecified atom stereocenters. The fourth-order valence-corrected chi connectivity index (χ4v) is 2.45. The third-order valence-electron chi connectivity index (χ3n) is 3.87. The van der Waals surface area contributed by atoms with E-state index in [-0.39, 0.29) is 0 Å². The van der Waals surface area contributed by atoms with E-state index in [2.05, 4.69) is 48.3 Å². The smallest absolute Gasteiger partial charge is 0.137 e. The molecular formula is C16H24N4O. The van der Waals surface area contributed by atoms with Gasteiger partial charge in [0.25, 0.3) is 0 Å². The summed E-state index contributed by atoms with van der Waals surface area (Å²) < 4.78 is 7.05. The molecule has 0 aliphatic heterocycles. The van der Waals surface area contributed by atoms with Crippen LogP contribution < -0.4 is 10.1 Å². The minimum atomic E-state index is 0.336. The van der Waals surface area contributed by atoms with Crippen molar-refractivity contribution >= 4 is 0 Å². The highest BCUT2D eigenvalue weighted by molar-refractivity contribution is 5.29. The summed E-state index contributed by atoms with van der Waals surface area (Å²) in [6.45, 7) is 7.44. The first-order chi connectivity index (χ1) is 10.1. The van der Waals surface area contributed by atoms with Gasteiger partial charge in [-0.2, -0.15) is 5.10 Å². The molecular weight excluding hydrogens is 264 g/mol. The molecule has 0 saturated heterocycles. The minimum absolute atomic E-state index is 0.336. The van der Waals surface area contributed by atoms with Crippen molar-refractivity contribution in [2.45, 2.75) is 45.3 Å². The number of aromatic nitrogens is 3. The molecule has 0 saturated carbocycles. The first-order valence-corrected chi connectivity index (χ1v) is 7.32. The summed E-state index contributed by atoms with van der Waals surface area (Å²) in [6, 6.07) is 8.99. The van der Waals surface area contributed by atoms with E-state index in [1.807, 2.05) is 16.8 Å². The average molecular weight is 288 g/mol. The van der Waals surface area contributed by atoms with Crippen LogP contribution in [0.2, 0.25) is 0 Å². The van der Waals surface area contributed by atoms with Gasteiger partial charge in [-0.25, -0.2) is 4.98 Å². The number of hydrogen-bond acceptors (Lipinski definition) is 4. The predicted octanol–water partition coefficient (Wildman–Crippen LogP) is 2.46. The van der Waals surface area contributed by atoms with Gasteiger partial charge in [-0.05, 0) is 37.5 Å². The first-order valence-electron chi connectivity index (χ1n) is 7.32. The number of nitrogens with zero attached hydrogens (tertiary/aromatic N) is 3. The van der Waals surface area contributed by atoms with Crippen LogP contribution >= 0.6 is 0 Å². The van der Waals surface area contributed by atoms with Crippen LogP contribution in [0.15, 0.2) is 36.9 Å². The van der Waals surface area contributed by atoms with Crippen molar-refractivity contribution < 1.29 is 4.74 Å². The fourth-order valence-electron chi connectivity index (χ4n) is 2.45. The lowest BCUT2D eigenvalue weighted by Crippen LogP contribution is -2.40. The van der Waals surface area contributed by atoms with Crippen LogP contribution in [0.3, 0.4) is 0 Å². The lowest BCUT2D eigenvalue weighted by atomic mass is 9.94. The number of nitrogens with one attached hydrogen (secondary N) is 1. The van der Waals surface area contributed by atoms with E-state index in [1.54, 1.807) is 19.8 Å². The molecule has 1 aromatic heterocycles. The second-order valence-corrected chi connectivity index (χ2v) is 5.54. The molecule has 5 heteroatoms. The van der Waals surface area contributed by atoms with Gasteiger partial charge in [-0.15, -0.1) is 0 Å². The van der Waals surface area contributed by atoms with Crippen molar-refractivity contribution in [3.8, 4) is 5.75 Å². The third-order valence-corrected chi connectivity index (χ3v) is 3.87. The monoisotopic (exact) mass is 288 g/mol. The van der Waals surface area contributed by atoms with Crippen LogP contribution in [0.25, 0.3) is 0 Å². The van der Waals surface area contributed by atoms with Gasteiger partial charge < -0.3 is 10.1 Å².